The van der Waals surface area contributed by atoms with E-state index in [-0.39, 0.29) is 18.2 Å². The van der Waals surface area contributed by atoms with Crippen molar-refractivity contribution in [2.24, 2.45) is 0 Å². The van der Waals surface area contributed by atoms with Gasteiger partial charge in [-0.1, -0.05) is 0 Å². The molecule has 0 aromatic heterocycles. The normalized spacial score (nSPS) is 16.2. The predicted octanol–water partition coefficient (Wildman–Crippen LogP) is -0.340. The van der Waals surface area contributed by atoms with Gasteiger partial charge in [-0.25, -0.2) is 8.42 Å². The molecule has 2 N–H and O–H groups in total. The zero-order valence-corrected chi connectivity index (χ0v) is 13.4. The van der Waals surface area contributed by atoms with Gasteiger partial charge in [-0.15, -0.1) is 0 Å². The van der Waals surface area contributed by atoms with Gasteiger partial charge in [-0.05, 0) is 24.3 Å². The van der Waals surface area contributed by atoms with E-state index in [2.05, 4.69) is 10.6 Å². The van der Waals surface area contributed by atoms with Gasteiger partial charge in [-0.2, -0.15) is 4.31 Å². The second-order valence-corrected chi connectivity index (χ2v) is 7.04. The second kappa shape index (κ2) is 7.57. The van der Waals surface area contributed by atoms with E-state index in [1.54, 1.807) is 31.4 Å². The molecule has 22 heavy (non-hydrogen) atoms. The van der Waals surface area contributed by atoms with Crippen LogP contribution in [0.5, 0.6) is 5.75 Å². The van der Waals surface area contributed by atoms with Crippen molar-refractivity contribution < 1.29 is 17.9 Å². The molecule has 1 heterocycles. The molecule has 8 heteroatoms. The molecule has 1 saturated heterocycles. The number of hydrogen-bond donors (Lipinski definition) is 2. The largest absolute Gasteiger partial charge is 0.497 e. The second-order valence-electron chi connectivity index (χ2n) is 4.95. The molecule has 0 saturated carbocycles. The highest BCUT2D eigenvalue weighted by Gasteiger charge is 2.23. The smallest absolute Gasteiger partial charge is 0.251 e. The predicted molar refractivity (Wildman–Crippen MR) is 83.6 cm³/mol. The van der Waals surface area contributed by atoms with Gasteiger partial charge in [0.15, 0.2) is 0 Å². The number of sulfonamides is 1. The van der Waals surface area contributed by atoms with Gasteiger partial charge in [0.1, 0.15) is 5.75 Å². The first kappa shape index (κ1) is 16.7. The number of amides is 1. The van der Waals surface area contributed by atoms with Crippen molar-refractivity contribution in [3.05, 3.63) is 29.8 Å². The Hall–Kier alpha value is -1.64. The van der Waals surface area contributed by atoms with Crippen molar-refractivity contribution in [1.82, 2.24) is 14.9 Å². The molecule has 0 radical (unpaired) electrons. The highest BCUT2D eigenvalue weighted by molar-refractivity contribution is 7.89. The number of piperazine rings is 1. The molecule has 1 amide bonds. The number of carbonyl (C=O) groups is 1. The fraction of sp³-hybridized carbons (Fsp3) is 0.500. The average Bonchev–Trinajstić information content (AvgIpc) is 2.55. The number of ether oxygens (including phenoxy) is 1. The molecule has 1 aliphatic rings. The van der Waals surface area contributed by atoms with Crippen molar-refractivity contribution in [1.29, 1.82) is 0 Å². The Morgan fingerprint density at radius 3 is 2.50 bits per heavy atom. The molecule has 0 spiro atoms. The maximum Gasteiger partial charge on any atom is 0.251 e. The van der Waals surface area contributed by atoms with Crippen LogP contribution in [-0.4, -0.2) is 64.2 Å². The van der Waals surface area contributed by atoms with E-state index < -0.39 is 10.0 Å². The first-order chi connectivity index (χ1) is 10.5. The van der Waals surface area contributed by atoms with Gasteiger partial charge in [-0.3, -0.25) is 4.79 Å². The number of hydrogen-bond acceptors (Lipinski definition) is 5. The summed E-state index contributed by atoms with van der Waals surface area (Å²) < 4.78 is 30.7. The van der Waals surface area contributed by atoms with E-state index in [0.29, 0.717) is 37.5 Å². The number of methoxy groups -OCH3 is 1. The van der Waals surface area contributed by atoms with Crippen molar-refractivity contribution in [2.45, 2.75) is 0 Å². The molecule has 122 valence electrons. The standard InChI is InChI=1S/C14H21N3O4S/c1-21-13-4-2-12(3-5-13)14(18)16-8-11-22(19,20)17-9-6-15-7-10-17/h2-5,15H,6-11H2,1H3,(H,16,18). The molecule has 1 aromatic rings. The highest BCUT2D eigenvalue weighted by atomic mass is 32.2. The zero-order chi connectivity index (χ0) is 16.0. The van der Waals surface area contributed by atoms with Crippen LogP contribution in [0.15, 0.2) is 24.3 Å². The third kappa shape index (κ3) is 4.43. The molecule has 1 fully saturated rings. The molecule has 0 aliphatic carbocycles. The Labute approximate surface area is 130 Å². The molecular weight excluding hydrogens is 306 g/mol. The van der Waals surface area contributed by atoms with Crippen molar-refractivity contribution in [3.8, 4) is 5.75 Å². The first-order valence-electron chi connectivity index (χ1n) is 7.14. The first-order valence-corrected chi connectivity index (χ1v) is 8.74. The molecule has 7 nitrogen and oxygen atoms in total. The maximum atomic E-state index is 12.1. The van der Waals surface area contributed by atoms with Crippen LogP contribution in [-0.2, 0) is 10.0 Å². The highest BCUT2D eigenvalue weighted by Crippen LogP contribution is 2.11. The SMILES string of the molecule is COc1ccc(C(=O)NCCS(=O)(=O)N2CCNCC2)cc1. The Kier molecular flexibility index (Phi) is 5.76. The molecule has 0 bridgehead atoms. The molecule has 0 atom stereocenters. The fourth-order valence-electron chi connectivity index (χ4n) is 2.19. The van der Waals surface area contributed by atoms with E-state index in [1.165, 1.54) is 4.31 Å². The van der Waals surface area contributed by atoms with Crippen LogP contribution in [0.4, 0.5) is 0 Å². The van der Waals surface area contributed by atoms with Crippen LogP contribution in [0.25, 0.3) is 0 Å². The molecule has 1 aromatic carbocycles. The summed E-state index contributed by atoms with van der Waals surface area (Å²) in [7, 11) is -1.76. The lowest BCUT2D eigenvalue weighted by Gasteiger charge is -2.26. The van der Waals surface area contributed by atoms with Crippen molar-refractivity contribution in [3.63, 3.8) is 0 Å². The van der Waals surface area contributed by atoms with Crippen LogP contribution in [0, 0.1) is 0 Å². The summed E-state index contributed by atoms with van der Waals surface area (Å²) in [5.41, 5.74) is 0.473. The zero-order valence-electron chi connectivity index (χ0n) is 12.5. The van der Waals surface area contributed by atoms with Crippen LogP contribution >= 0.6 is 0 Å². The van der Waals surface area contributed by atoms with Gasteiger partial charge in [0.25, 0.3) is 5.91 Å². The van der Waals surface area contributed by atoms with Crippen LogP contribution in [0.1, 0.15) is 10.4 Å². The van der Waals surface area contributed by atoms with Crippen LogP contribution in [0.2, 0.25) is 0 Å². The number of carbonyl (C=O) groups excluding carboxylic acids is 1. The number of benzene rings is 1. The summed E-state index contributed by atoms with van der Waals surface area (Å²) in [6, 6.07) is 6.65. The summed E-state index contributed by atoms with van der Waals surface area (Å²) in [6.45, 7) is 2.38. The van der Waals surface area contributed by atoms with E-state index in [0.717, 1.165) is 0 Å². The van der Waals surface area contributed by atoms with Gasteiger partial charge >= 0.3 is 0 Å². The summed E-state index contributed by atoms with van der Waals surface area (Å²) >= 11 is 0. The number of nitrogens with zero attached hydrogens (tertiary/aromatic N) is 1. The minimum absolute atomic E-state index is 0.0884. The van der Waals surface area contributed by atoms with Crippen molar-refractivity contribution >= 4 is 15.9 Å². The molecule has 2 rings (SSSR count). The lowest BCUT2D eigenvalue weighted by Crippen LogP contribution is -2.48. The van der Waals surface area contributed by atoms with E-state index in [1.807, 2.05) is 0 Å². The van der Waals surface area contributed by atoms with Crippen molar-refractivity contribution in [2.75, 3.05) is 45.6 Å². The van der Waals surface area contributed by atoms with Gasteiger partial charge in [0.05, 0.1) is 12.9 Å². The van der Waals surface area contributed by atoms with Gasteiger partial charge in [0, 0.05) is 38.3 Å². The van der Waals surface area contributed by atoms with Crippen LogP contribution in [0.3, 0.4) is 0 Å². The van der Waals surface area contributed by atoms with Gasteiger partial charge in [0.2, 0.25) is 10.0 Å². The number of nitrogens with one attached hydrogen (secondary N) is 2. The Morgan fingerprint density at radius 1 is 1.27 bits per heavy atom. The lowest BCUT2D eigenvalue weighted by atomic mass is 10.2. The summed E-state index contributed by atoms with van der Waals surface area (Å²) in [5.74, 6) is 0.283. The van der Waals surface area contributed by atoms with E-state index in [9.17, 15) is 13.2 Å². The topological polar surface area (TPSA) is 87.7 Å². The molecule has 1 aliphatic heterocycles. The number of rotatable bonds is 6. The molecule has 0 unspecified atom stereocenters. The van der Waals surface area contributed by atoms with E-state index >= 15 is 0 Å². The summed E-state index contributed by atoms with van der Waals surface area (Å²) in [5, 5.41) is 5.74. The van der Waals surface area contributed by atoms with Gasteiger partial charge < -0.3 is 15.4 Å². The van der Waals surface area contributed by atoms with Crippen LogP contribution < -0.4 is 15.4 Å². The Morgan fingerprint density at radius 2 is 1.91 bits per heavy atom. The molecular formula is C14H21N3O4S. The third-order valence-electron chi connectivity index (χ3n) is 3.47. The minimum Gasteiger partial charge on any atom is -0.497 e. The summed E-state index contributed by atoms with van der Waals surface area (Å²) in [4.78, 5) is 11.9. The Balaban J connectivity index is 1.83. The average molecular weight is 327 g/mol. The quantitative estimate of drug-likeness (QED) is 0.746. The lowest BCUT2D eigenvalue weighted by molar-refractivity contribution is 0.0956. The third-order valence-corrected chi connectivity index (χ3v) is 5.34. The minimum atomic E-state index is -3.31. The fourth-order valence-corrected chi connectivity index (χ4v) is 3.55. The van der Waals surface area contributed by atoms with E-state index in [4.69, 9.17) is 4.74 Å². The summed E-state index contributed by atoms with van der Waals surface area (Å²) in [6.07, 6.45) is 0. The monoisotopic (exact) mass is 327 g/mol. The maximum absolute atomic E-state index is 12.1. The Bertz CT molecular complexity index is 595.